The molecule has 2 fully saturated rings. The first-order chi connectivity index (χ1) is 9.13. The minimum Gasteiger partial charge on any atom is -0.461 e. The Kier molecular flexibility index (Phi) is 3.62. The maximum atomic E-state index is 11.8. The first-order valence-electron chi connectivity index (χ1n) is 6.35. The summed E-state index contributed by atoms with van der Waals surface area (Å²) in [5.41, 5.74) is 0. The maximum absolute atomic E-state index is 11.8. The van der Waals surface area contributed by atoms with Gasteiger partial charge in [-0.05, 0) is 40.9 Å². The summed E-state index contributed by atoms with van der Waals surface area (Å²) >= 11 is 4.67. The number of likely N-dealkylation sites (tertiary alicyclic amines) is 1. The predicted molar refractivity (Wildman–Crippen MR) is 75.1 cm³/mol. The highest BCUT2D eigenvalue weighted by atomic mass is 79.9. The topological polar surface area (TPSA) is 46.6 Å². The molecule has 0 spiro atoms. The number of halogens is 1. The third-order valence-corrected chi connectivity index (χ3v) is 5.05. The molecule has 2 heterocycles. The van der Waals surface area contributed by atoms with Gasteiger partial charge in [-0.1, -0.05) is 0 Å². The molecule has 102 valence electrons. The van der Waals surface area contributed by atoms with Gasteiger partial charge < -0.3 is 9.64 Å². The molecule has 6 heteroatoms. The van der Waals surface area contributed by atoms with Gasteiger partial charge in [-0.15, -0.1) is 11.3 Å². The minimum atomic E-state index is -0.298. The van der Waals surface area contributed by atoms with Crippen LogP contribution >= 0.6 is 27.3 Å². The molecule has 1 aliphatic carbocycles. The van der Waals surface area contributed by atoms with E-state index in [9.17, 15) is 9.59 Å². The van der Waals surface area contributed by atoms with Crippen molar-refractivity contribution < 1.29 is 14.3 Å². The zero-order valence-electron chi connectivity index (χ0n) is 10.3. The monoisotopic (exact) mass is 343 g/mol. The van der Waals surface area contributed by atoms with Crippen molar-refractivity contribution in [3.63, 3.8) is 0 Å². The Labute approximate surface area is 123 Å². The van der Waals surface area contributed by atoms with Crippen LogP contribution in [-0.4, -0.2) is 36.0 Å². The van der Waals surface area contributed by atoms with Crippen LogP contribution in [0, 0.1) is 5.92 Å². The van der Waals surface area contributed by atoms with Crippen molar-refractivity contribution >= 4 is 39.1 Å². The number of carbonyl (C=O) groups excluding carboxylic acids is 2. The van der Waals surface area contributed by atoms with Gasteiger partial charge in [0.2, 0.25) is 5.91 Å². The Bertz CT molecular complexity index is 512. The van der Waals surface area contributed by atoms with Gasteiger partial charge in [0.15, 0.2) is 0 Å². The fourth-order valence-corrected chi connectivity index (χ4v) is 3.63. The minimum absolute atomic E-state index is 0.153. The average molecular weight is 344 g/mol. The number of thiophene rings is 1. The highest BCUT2D eigenvalue weighted by Crippen LogP contribution is 2.32. The summed E-state index contributed by atoms with van der Waals surface area (Å²) in [6.07, 6.45) is 2.76. The van der Waals surface area contributed by atoms with Crippen molar-refractivity contribution in [2.75, 3.05) is 13.2 Å². The third kappa shape index (κ3) is 3.00. The molecule has 0 N–H and O–H groups in total. The summed E-state index contributed by atoms with van der Waals surface area (Å²) in [6, 6.07) is 4.03. The van der Waals surface area contributed by atoms with Crippen LogP contribution in [0.4, 0.5) is 0 Å². The van der Waals surface area contributed by atoms with Crippen LogP contribution in [0.5, 0.6) is 0 Å². The van der Waals surface area contributed by atoms with E-state index in [-0.39, 0.29) is 17.8 Å². The molecule has 1 saturated carbocycles. The first-order valence-corrected chi connectivity index (χ1v) is 7.96. The van der Waals surface area contributed by atoms with E-state index in [0.717, 1.165) is 23.2 Å². The number of ether oxygens (including phenoxy) is 1. The highest BCUT2D eigenvalue weighted by molar-refractivity contribution is 9.11. The number of rotatable bonds is 4. The van der Waals surface area contributed by atoms with Crippen molar-refractivity contribution in [2.24, 2.45) is 5.92 Å². The van der Waals surface area contributed by atoms with Gasteiger partial charge in [0.05, 0.1) is 10.4 Å². The molecule has 1 saturated heterocycles. The van der Waals surface area contributed by atoms with Crippen molar-refractivity contribution in [3.8, 4) is 0 Å². The molecule has 1 atom stereocenters. The molecular weight excluding hydrogens is 330 g/mol. The number of carbonyl (C=O) groups is 2. The molecule has 1 amide bonds. The number of esters is 1. The van der Waals surface area contributed by atoms with Crippen LogP contribution in [0.1, 0.15) is 28.9 Å². The zero-order chi connectivity index (χ0) is 13.4. The Balaban J connectivity index is 1.50. The lowest BCUT2D eigenvalue weighted by Crippen LogP contribution is -2.27. The van der Waals surface area contributed by atoms with Crippen LogP contribution in [-0.2, 0) is 9.53 Å². The summed E-state index contributed by atoms with van der Waals surface area (Å²) in [6.45, 7) is 1.08. The lowest BCUT2D eigenvalue weighted by molar-refractivity contribution is -0.128. The second-order valence-corrected chi connectivity index (χ2v) is 7.51. The largest absolute Gasteiger partial charge is 0.461 e. The summed E-state index contributed by atoms with van der Waals surface area (Å²) < 4.78 is 6.21. The quantitative estimate of drug-likeness (QED) is 0.789. The molecule has 1 aromatic rings. The molecule has 0 unspecified atom stereocenters. The number of nitrogens with zero attached hydrogens (tertiary/aromatic N) is 1. The van der Waals surface area contributed by atoms with E-state index in [0.29, 0.717) is 23.9 Å². The smallest absolute Gasteiger partial charge is 0.348 e. The molecule has 19 heavy (non-hydrogen) atoms. The van der Waals surface area contributed by atoms with Gasteiger partial charge in [-0.3, -0.25) is 4.79 Å². The fourth-order valence-electron chi connectivity index (χ4n) is 2.35. The van der Waals surface area contributed by atoms with Crippen LogP contribution in [0.2, 0.25) is 0 Å². The van der Waals surface area contributed by atoms with Crippen LogP contribution in [0.3, 0.4) is 0 Å². The van der Waals surface area contributed by atoms with E-state index in [1.165, 1.54) is 11.3 Å². The number of amides is 1. The lowest BCUT2D eigenvalue weighted by atomic mass is 10.1. The molecule has 2 aliphatic rings. The van der Waals surface area contributed by atoms with Crippen LogP contribution in [0.15, 0.2) is 15.9 Å². The van der Waals surface area contributed by atoms with Crippen molar-refractivity contribution in [2.45, 2.75) is 25.3 Å². The molecule has 3 rings (SSSR count). The predicted octanol–water partition coefficient (Wildman–Crippen LogP) is 2.68. The summed E-state index contributed by atoms with van der Waals surface area (Å²) in [5, 5.41) is 0. The van der Waals surface area contributed by atoms with Gasteiger partial charge in [-0.2, -0.15) is 0 Å². The fraction of sp³-hybridized carbons (Fsp3) is 0.538. The second kappa shape index (κ2) is 5.25. The Morgan fingerprint density at radius 1 is 1.47 bits per heavy atom. The molecule has 0 radical (unpaired) electrons. The standard InChI is InChI=1S/C13H14BrNO3S/c14-11-4-3-10(19-11)13(17)18-7-8-5-12(16)15(6-8)9-1-2-9/h3-4,8-9H,1-2,5-7H2/t8-/m0/s1. The van der Waals surface area contributed by atoms with Gasteiger partial charge in [-0.25, -0.2) is 4.79 Å². The molecule has 1 aliphatic heterocycles. The Morgan fingerprint density at radius 2 is 2.26 bits per heavy atom. The molecular formula is C13H14BrNO3S. The van der Waals surface area contributed by atoms with E-state index in [1.54, 1.807) is 6.07 Å². The van der Waals surface area contributed by atoms with E-state index in [4.69, 9.17) is 4.74 Å². The highest BCUT2D eigenvalue weighted by Gasteiger charge is 2.39. The summed E-state index contributed by atoms with van der Waals surface area (Å²) in [4.78, 5) is 26.1. The third-order valence-electron chi connectivity index (χ3n) is 3.45. The van der Waals surface area contributed by atoms with E-state index < -0.39 is 0 Å². The SMILES string of the molecule is O=C(OC[C@H]1CC(=O)N(C2CC2)C1)c1ccc(Br)s1. The normalized spacial score (nSPS) is 22.9. The Morgan fingerprint density at radius 3 is 2.89 bits per heavy atom. The summed E-state index contributed by atoms with van der Waals surface area (Å²) in [7, 11) is 0. The average Bonchev–Trinajstić information content (AvgIpc) is 3.03. The van der Waals surface area contributed by atoms with Crippen molar-refractivity contribution in [1.29, 1.82) is 0 Å². The molecule has 0 bridgehead atoms. The maximum Gasteiger partial charge on any atom is 0.348 e. The second-order valence-electron chi connectivity index (χ2n) is 5.05. The van der Waals surface area contributed by atoms with E-state index >= 15 is 0 Å². The molecule has 4 nitrogen and oxygen atoms in total. The van der Waals surface area contributed by atoms with Gasteiger partial charge in [0, 0.05) is 24.9 Å². The summed E-state index contributed by atoms with van der Waals surface area (Å²) in [5.74, 6) is 0.0656. The van der Waals surface area contributed by atoms with Gasteiger partial charge in [0.25, 0.3) is 0 Å². The van der Waals surface area contributed by atoms with E-state index in [1.807, 2.05) is 11.0 Å². The molecule has 0 aromatic carbocycles. The van der Waals surface area contributed by atoms with Crippen LogP contribution in [0.25, 0.3) is 0 Å². The number of hydrogen-bond acceptors (Lipinski definition) is 4. The van der Waals surface area contributed by atoms with Gasteiger partial charge in [0.1, 0.15) is 4.88 Å². The van der Waals surface area contributed by atoms with Gasteiger partial charge >= 0.3 is 5.97 Å². The lowest BCUT2D eigenvalue weighted by Gasteiger charge is -2.15. The first kappa shape index (κ1) is 13.1. The van der Waals surface area contributed by atoms with E-state index in [2.05, 4.69) is 15.9 Å². The molecule has 1 aromatic heterocycles. The zero-order valence-corrected chi connectivity index (χ0v) is 12.7. The number of hydrogen-bond donors (Lipinski definition) is 0. The van der Waals surface area contributed by atoms with Crippen molar-refractivity contribution in [1.82, 2.24) is 4.90 Å². The Hall–Kier alpha value is -0.880. The van der Waals surface area contributed by atoms with Crippen molar-refractivity contribution in [3.05, 3.63) is 20.8 Å². The van der Waals surface area contributed by atoms with Crippen LogP contribution < -0.4 is 0 Å².